The van der Waals surface area contributed by atoms with Gasteiger partial charge in [0.25, 0.3) is 0 Å². The van der Waals surface area contributed by atoms with Gasteiger partial charge in [0.15, 0.2) is 0 Å². The number of nitrogen functional groups attached to an aromatic ring is 1. The van der Waals surface area contributed by atoms with Crippen LogP contribution in [0.4, 0.5) is 14.5 Å². The summed E-state index contributed by atoms with van der Waals surface area (Å²) < 4.78 is 33.1. The van der Waals surface area contributed by atoms with Gasteiger partial charge in [0.05, 0.1) is 17.6 Å². The fourth-order valence-corrected chi connectivity index (χ4v) is 3.36. The van der Waals surface area contributed by atoms with Crippen molar-refractivity contribution < 1.29 is 13.5 Å². The van der Waals surface area contributed by atoms with Crippen LogP contribution in [0.15, 0.2) is 24.4 Å². The van der Waals surface area contributed by atoms with Crippen LogP contribution in [0.2, 0.25) is 30.7 Å². The summed E-state index contributed by atoms with van der Waals surface area (Å²) in [6.07, 6.45) is -1.32. The molecule has 1 heterocycles. The number of ether oxygens (including phenoxy) is 1. The Morgan fingerprint density at radius 1 is 1.32 bits per heavy atom. The molecule has 0 radical (unpaired) electrons. The first-order chi connectivity index (χ1) is 11.7. The van der Waals surface area contributed by atoms with Gasteiger partial charge >= 0.3 is 0 Å². The lowest BCUT2D eigenvalue weighted by atomic mass is 10.0. The first kappa shape index (κ1) is 19.9. The summed E-state index contributed by atoms with van der Waals surface area (Å²) in [5.41, 5.74) is 8.05. The highest BCUT2D eigenvalue weighted by Crippen LogP contribution is 2.32. The third-order valence-electron chi connectivity index (χ3n) is 3.78. The highest BCUT2D eigenvalue weighted by atomic mass is 35.5. The van der Waals surface area contributed by atoms with E-state index >= 15 is 0 Å². The van der Waals surface area contributed by atoms with E-state index in [0.717, 1.165) is 6.04 Å². The van der Waals surface area contributed by atoms with E-state index in [9.17, 15) is 8.78 Å². The van der Waals surface area contributed by atoms with Crippen LogP contribution in [0.5, 0.6) is 0 Å². The molecule has 0 amide bonds. The van der Waals surface area contributed by atoms with Gasteiger partial charge in [0, 0.05) is 31.7 Å². The van der Waals surface area contributed by atoms with Crippen molar-refractivity contribution in [1.29, 1.82) is 0 Å². The maximum absolute atomic E-state index is 12.9. The Morgan fingerprint density at radius 2 is 2.04 bits per heavy atom. The van der Waals surface area contributed by atoms with Gasteiger partial charge in [-0.25, -0.2) is 13.5 Å². The molecule has 2 N–H and O–H groups in total. The molecule has 2 rings (SSSR count). The molecule has 1 aromatic heterocycles. The first-order valence-electron chi connectivity index (χ1n) is 8.13. The highest BCUT2D eigenvalue weighted by Gasteiger charge is 2.18. The second-order valence-corrected chi connectivity index (χ2v) is 13.3. The Kier molecular flexibility index (Phi) is 6.59. The van der Waals surface area contributed by atoms with Crippen LogP contribution in [0.1, 0.15) is 5.56 Å². The van der Waals surface area contributed by atoms with E-state index in [2.05, 4.69) is 24.7 Å². The quantitative estimate of drug-likeness (QED) is 0.517. The summed E-state index contributed by atoms with van der Waals surface area (Å²) in [5, 5.41) is 4.68. The van der Waals surface area contributed by atoms with Crippen LogP contribution in [0.3, 0.4) is 0 Å². The lowest BCUT2D eigenvalue weighted by Gasteiger charge is -2.17. The molecule has 0 unspecified atom stereocenters. The number of benzene rings is 1. The monoisotopic (exact) mass is 387 g/mol. The molecule has 0 aliphatic carbocycles. The van der Waals surface area contributed by atoms with Gasteiger partial charge in [-0.1, -0.05) is 37.3 Å². The molecule has 25 heavy (non-hydrogen) atoms. The van der Waals surface area contributed by atoms with Gasteiger partial charge in [0.1, 0.15) is 6.73 Å². The molecule has 0 saturated carbocycles. The Morgan fingerprint density at radius 3 is 2.68 bits per heavy atom. The standard InChI is InChI=1S/C17H24ClF2N3OSi/c1-25(2,3)7-6-24-11-23-17(15(21)10-22-23)14-9-13(18)5-4-12(14)8-16(19)20/h4-5,9-10,16H,6-8,11,21H2,1-3H3. The molecule has 0 spiro atoms. The van der Waals surface area contributed by atoms with E-state index in [-0.39, 0.29) is 13.2 Å². The lowest BCUT2D eigenvalue weighted by Crippen LogP contribution is -2.22. The minimum Gasteiger partial charge on any atom is -0.396 e. The third-order valence-corrected chi connectivity index (χ3v) is 5.72. The molecule has 0 atom stereocenters. The Balaban J connectivity index is 2.25. The highest BCUT2D eigenvalue weighted by molar-refractivity contribution is 6.76. The molecule has 138 valence electrons. The van der Waals surface area contributed by atoms with E-state index in [1.807, 2.05) is 0 Å². The van der Waals surface area contributed by atoms with Crippen LogP contribution in [0.25, 0.3) is 11.3 Å². The van der Waals surface area contributed by atoms with Gasteiger partial charge in [0.2, 0.25) is 6.43 Å². The average molecular weight is 388 g/mol. The maximum atomic E-state index is 12.9. The number of aromatic nitrogens is 2. The zero-order chi connectivity index (χ0) is 18.6. The van der Waals surface area contributed by atoms with Crippen molar-refractivity contribution in [3.8, 4) is 11.3 Å². The van der Waals surface area contributed by atoms with Crippen LogP contribution < -0.4 is 5.73 Å². The number of alkyl halides is 2. The number of anilines is 1. The Bertz CT molecular complexity index is 716. The van der Waals surface area contributed by atoms with E-state index in [1.54, 1.807) is 22.9 Å². The molecular weight excluding hydrogens is 364 g/mol. The summed E-state index contributed by atoms with van der Waals surface area (Å²) in [4.78, 5) is 0. The molecular formula is C17H24ClF2N3OSi. The number of nitrogens with zero attached hydrogens (tertiary/aromatic N) is 2. The van der Waals surface area contributed by atoms with Crippen molar-refractivity contribution in [2.45, 2.75) is 45.3 Å². The topological polar surface area (TPSA) is 53.1 Å². The van der Waals surface area contributed by atoms with E-state index < -0.39 is 14.5 Å². The molecule has 0 fully saturated rings. The van der Waals surface area contributed by atoms with Gasteiger partial charge in [-0.15, -0.1) is 0 Å². The van der Waals surface area contributed by atoms with Crippen molar-refractivity contribution in [2.24, 2.45) is 0 Å². The summed E-state index contributed by atoms with van der Waals surface area (Å²) in [6.45, 7) is 7.68. The number of rotatable bonds is 8. The minimum atomic E-state index is -2.45. The molecule has 8 heteroatoms. The maximum Gasteiger partial charge on any atom is 0.242 e. The van der Waals surface area contributed by atoms with Crippen molar-refractivity contribution in [3.05, 3.63) is 35.0 Å². The predicted octanol–water partition coefficient (Wildman–Crippen LogP) is 4.91. The van der Waals surface area contributed by atoms with Gasteiger partial charge in [-0.2, -0.15) is 5.10 Å². The first-order valence-corrected chi connectivity index (χ1v) is 12.2. The number of hydrogen-bond donors (Lipinski definition) is 1. The normalized spacial score (nSPS) is 12.1. The zero-order valence-corrected chi connectivity index (χ0v) is 16.5. The van der Waals surface area contributed by atoms with Crippen molar-refractivity contribution >= 4 is 25.4 Å². The van der Waals surface area contributed by atoms with E-state index in [0.29, 0.717) is 34.1 Å². The number of hydrogen-bond acceptors (Lipinski definition) is 3. The van der Waals surface area contributed by atoms with Crippen molar-refractivity contribution in [3.63, 3.8) is 0 Å². The van der Waals surface area contributed by atoms with E-state index in [4.69, 9.17) is 22.1 Å². The second kappa shape index (κ2) is 8.29. The minimum absolute atomic E-state index is 0.220. The molecule has 4 nitrogen and oxygen atoms in total. The predicted molar refractivity (Wildman–Crippen MR) is 101 cm³/mol. The van der Waals surface area contributed by atoms with Gasteiger partial charge in [-0.3, -0.25) is 0 Å². The summed E-state index contributed by atoms with van der Waals surface area (Å²) in [5.74, 6) is 0. The summed E-state index contributed by atoms with van der Waals surface area (Å²) >= 11 is 6.07. The summed E-state index contributed by atoms with van der Waals surface area (Å²) in [6, 6.07) is 5.88. The van der Waals surface area contributed by atoms with Crippen LogP contribution in [-0.2, 0) is 17.9 Å². The molecule has 0 saturated heterocycles. The zero-order valence-electron chi connectivity index (χ0n) is 14.7. The average Bonchev–Trinajstić information content (AvgIpc) is 2.85. The van der Waals surface area contributed by atoms with Crippen LogP contribution >= 0.6 is 11.6 Å². The van der Waals surface area contributed by atoms with Gasteiger partial charge in [-0.05, 0) is 23.7 Å². The van der Waals surface area contributed by atoms with Crippen molar-refractivity contribution in [2.75, 3.05) is 12.3 Å². The number of nitrogens with two attached hydrogens (primary N) is 1. The fourth-order valence-electron chi connectivity index (χ4n) is 2.43. The summed E-state index contributed by atoms with van der Waals surface area (Å²) in [7, 11) is -1.18. The van der Waals surface area contributed by atoms with Crippen LogP contribution in [0, 0.1) is 0 Å². The fraction of sp³-hybridized carbons (Fsp3) is 0.471. The molecule has 0 bridgehead atoms. The van der Waals surface area contributed by atoms with Gasteiger partial charge < -0.3 is 10.5 Å². The molecule has 1 aromatic carbocycles. The molecule has 2 aromatic rings. The van der Waals surface area contributed by atoms with Crippen molar-refractivity contribution in [1.82, 2.24) is 9.78 Å². The number of halogens is 3. The SMILES string of the molecule is C[Si](C)(C)CCOCn1ncc(N)c1-c1cc(Cl)ccc1CC(F)F. The Labute approximate surface area is 152 Å². The largest absolute Gasteiger partial charge is 0.396 e. The molecule has 0 aliphatic heterocycles. The Hall–Kier alpha value is -1.44. The van der Waals surface area contributed by atoms with E-state index in [1.165, 1.54) is 6.20 Å². The second-order valence-electron chi connectivity index (χ2n) is 7.19. The lowest BCUT2D eigenvalue weighted by molar-refractivity contribution is 0.0798. The third kappa shape index (κ3) is 5.80. The van der Waals surface area contributed by atoms with Crippen LogP contribution in [-0.4, -0.2) is 30.9 Å². The smallest absolute Gasteiger partial charge is 0.242 e. The molecule has 0 aliphatic rings.